The van der Waals surface area contributed by atoms with Crippen LogP contribution in [0.1, 0.15) is 59.2 Å². The molecular weight excluding hydrogens is 564 g/mol. The van der Waals surface area contributed by atoms with Gasteiger partial charge in [-0.1, -0.05) is 61.7 Å². The number of allylic oxidation sites excluding steroid dienone is 1. The first-order valence-corrected chi connectivity index (χ1v) is 14.5. The van der Waals surface area contributed by atoms with Crippen LogP contribution in [0.15, 0.2) is 102 Å². The van der Waals surface area contributed by atoms with Gasteiger partial charge in [-0.3, -0.25) is 0 Å². The molecule has 1 aliphatic heterocycles. The predicted octanol–water partition coefficient (Wildman–Crippen LogP) is 7.93. The number of ether oxygens (including phenoxy) is 4. The van der Waals surface area contributed by atoms with Gasteiger partial charge in [0.2, 0.25) is 5.88 Å². The smallest absolute Gasteiger partial charge is 0.343 e. The predicted molar refractivity (Wildman–Crippen MR) is 164 cm³/mol. The average Bonchev–Trinajstić information content (AvgIpc) is 3.02. The summed E-state index contributed by atoms with van der Waals surface area (Å²) < 4.78 is 23.2. The van der Waals surface area contributed by atoms with E-state index in [-0.39, 0.29) is 17.2 Å². The Kier molecular flexibility index (Phi) is 9.50. The van der Waals surface area contributed by atoms with Crippen LogP contribution < -0.4 is 24.7 Å². The molecule has 0 fully saturated rings. The monoisotopic (exact) mass is 594 g/mol. The maximum absolute atomic E-state index is 12.9. The van der Waals surface area contributed by atoms with Gasteiger partial charge in [0, 0.05) is 16.7 Å². The van der Waals surface area contributed by atoms with Crippen molar-refractivity contribution in [1.82, 2.24) is 0 Å². The van der Waals surface area contributed by atoms with Crippen molar-refractivity contribution >= 4 is 17.6 Å². The van der Waals surface area contributed by atoms with Crippen LogP contribution in [-0.2, 0) is 6.61 Å². The summed E-state index contributed by atoms with van der Waals surface area (Å²) in [6.07, 6.45) is 3.22. The van der Waals surface area contributed by atoms with Crippen molar-refractivity contribution in [2.75, 3.05) is 6.61 Å². The number of carbonyl (C=O) groups is 1. The second-order valence-electron chi connectivity index (χ2n) is 10.1. The highest BCUT2D eigenvalue weighted by Crippen LogP contribution is 2.44. The van der Waals surface area contributed by atoms with Crippen molar-refractivity contribution in [1.29, 1.82) is 5.26 Å². The summed E-state index contributed by atoms with van der Waals surface area (Å²) >= 11 is 5.98. The van der Waals surface area contributed by atoms with Crippen molar-refractivity contribution < 1.29 is 23.7 Å². The number of nitriles is 1. The lowest BCUT2D eigenvalue weighted by molar-refractivity contribution is 0.0734. The molecule has 1 heterocycles. The largest absolute Gasteiger partial charge is 0.494 e. The molecule has 0 aliphatic carbocycles. The first-order valence-electron chi connectivity index (χ1n) is 14.1. The van der Waals surface area contributed by atoms with E-state index in [9.17, 15) is 10.1 Å². The molecule has 1 atom stereocenters. The molecule has 4 aromatic rings. The lowest BCUT2D eigenvalue weighted by Gasteiger charge is -2.27. The van der Waals surface area contributed by atoms with E-state index in [1.165, 1.54) is 0 Å². The Bertz CT molecular complexity index is 1660. The molecule has 7 nitrogen and oxygen atoms in total. The number of carbonyl (C=O) groups excluding carboxylic acids is 1. The van der Waals surface area contributed by atoms with E-state index in [2.05, 4.69) is 13.0 Å². The Morgan fingerprint density at radius 3 is 2.44 bits per heavy atom. The maximum atomic E-state index is 12.9. The second kappa shape index (κ2) is 13.8. The molecule has 1 aliphatic rings. The van der Waals surface area contributed by atoms with E-state index < -0.39 is 11.9 Å². The molecule has 2 N–H and O–H groups in total. The quantitative estimate of drug-likeness (QED) is 0.107. The van der Waals surface area contributed by atoms with Crippen LogP contribution >= 0.6 is 11.6 Å². The fourth-order valence-electron chi connectivity index (χ4n) is 4.77. The summed E-state index contributed by atoms with van der Waals surface area (Å²) in [7, 11) is 0. The minimum atomic E-state index is -0.517. The van der Waals surface area contributed by atoms with Gasteiger partial charge in [-0.05, 0) is 72.1 Å². The lowest BCUT2D eigenvalue weighted by Crippen LogP contribution is -2.21. The molecule has 4 aromatic carbocycles. The molecule has 43 heavy (non-hydrogen) atoms. The number of hydrogen-bond acceptors (Lipinski definition) is 7. The molecule has 8 heteroatoms. The number of benzene rings is 4. The zero-order valence-corrected chi connectivity index (χ0v) is 24.5. The Labute approximate surface area is 256 Å². The van der Waals surface area contributed by atoms with E-state index in [0.717, 1.165) is 30.4 Å². The Hall–Kier alpha value is -4.93. The van der Waals surface area contributed by atoms with Crippen LogP contribution in [0.3, 0.4) is 0 Å². The summed E-state index contributed by atoms with van der Waals surface area (Å²) in [6, 6.07) is 29.1. The highest BCUT2D eigenvalue weighted by Gasteiger charge is 2.31. The van der Waals surface area contributed by atoms with Gasteiger partial charge < -0.3 is 24.7 Å². The molecule has 0 saturated carbocycles. The Balaban J connectivity index is 1.32. The number of esters is 1. The molecule has 0 spiro atoms. The zero-order valence-electron chi connectivity index (χ0n) is 23.7. The van der Waals surface area contributed by atoms with Crippen LogP contribution in [0, 0.1) is 11.3 Å². The van der Waals surface area contributed by atoms with Gasteiger partial charge in [-0.2, -0.15) is 5.26 Å². The highest BCUT2D eigenvalue weighted by atomic mass is 35.5. The fourth-order valence-corrected chi connectivity index (χ4v) is 4.89. The van der Waals surface area contributed by atoms with Gasteiger partial charge in [0.05, 0.1) is 18.1 Å². The van der Waals surface area contributed by atoms with Crippen LogP contribution in [0.2, 0.25) is 5.02 Å². The van der Waals surface area contributed by atoms with E-state index in [1.54, 1.807) is 42.5 Å². The normalized spacial score (nSPS) is 13.8. The van der Waals surface area contributed by atoms with Crippen molar-refractivity contribution in [3.63, 3.8) is 0 Å². The van der Waals surface area contributed by atoms with Crippen LogP contribution in [0.4, 0.5) is 0 Å². The number of nitrogens with two attached hydrogens (primary N) is 1. The topological polar surface area (TPSA) is 104 Å². The van der Waals surface area contributed by atoms with Gasteiger partial charge in [0.1, 0.15) is 41.2 Å². The third-order valence-electron chi connectivity index (χ3n) is 7.02. The summed E-state index contributed by atoms with van der Waals surface area (Å²) in [4.78, 5) is 12.9. The van der Waals surface area contributed by atoms with E-state index in [0.29, 0.717) is 46.6 Å². The first kappa shape index (κ1) is 29.6. The van der Waals surface area contributed by atoms with Crippen molar-refractivity contribution in [3.05, 3.63) is 130 Å². The molecule has 0 amide bonds. The zero-order chi connectivity index (χ0) is 30.2. The molecule has 218 valence electrons. The maximum Gasteiger partial charge on any atom is 0.343 e. The molecular formula is C35H31ClN2O5. The third kappa shape index (κ3) is 7.29. The van der Waals surface area contributed by atoms with Gasteiger partial charge in [0.15, 0.2) is 0 Å². The number of hydrogen-bond donors (Lipinski definition) is 1. The van der Waals surface area contributed by atoms with Gasteiger partial charge in [-0.25, -0.2) is 4.79 Å². The third-order valence-corrected chi connectivity index (χ3v) is 7.27. The lowest BCUT2D eigenvalue weighted by atomic mass is 9.83. The second-order valence-corrected chi connectivity index (χ2v) is 10.5. The van der Waals surface area contributed by atoms with E-state index in [1.807, 2.05) is 48.5 Å². The SMILES string of the molecule is CCCCCOc1ccc(C(=O)Oc2ccc3c(c2)OC(N)=C(C#N)C3c2cccc(OCc3ccc(Cl)cc3)c2)cc1. The number of nitrogens with zero attached hydrogens (tertiary/aromatic N) is 1. The van der Waals surface area contributed by atoms with Gasteiger partial charge in [-0.15, -0.1) is 0 Å². The van der Waals surface area contributed by atoms with Crippen LogP contribution in [-0.4, -0.2) is 12.6 Å². The fraction of sp³-hybridized carbons (Fsp3) is 0.200. The highest BCUT2D eigenvalue weighted by molar-refractivity contribution is 6.30. The number of halogens is 1. The molecule has 5 rings (SSSR count). The van der Waals surface area contributed by atoms with Crippen molar-refractivity contribution in [2.24, 2.45) is 5.73 Å². The van der Waals surface area contributed by atoms with E-state index >= 15 is 0 Å². The van der Waals surface area contributed by atoms with Gasteiger partial charge in [0.25, 0.3) is 0 Å². The standard InChI is InChI=1S/C35H31ClN2O5/c1-2-3-4-18-40-27-14-10-24(11-15-27)35(39)42-29-16-17-30-32(20-29)43-34(38)31(21-37)33(30)25-6-5-7-28(19-25)41-22-23-8-12-26(36)13-9-23/h5-17,19-20,33H,2-4,18,22,38H2,1H3. The van der Waals surface area contributed by atoms with Crippen LogP contribution in [0.25, 0.3) is 0 Å². The minimum absolute atomic E-state index is 0.00881. The first-order chi connectivity index (χ1) is 20.9. The summed E-state index contributed by atoms with van der Waals surface area (Å²) in [5.74, 6) is 1.01. The molecule has 0 aromatic heterocycles. The summed E-state index contributed by atoms with van der Waals surface area (Å²) in [5.41, 5.74) is 9.36. The summed E-state index contributed by atoms with van der Waals surface area (Å²) in [6.45, 7) is 3.14. The molecule has 1 unspecified atom stereocenters. The van der Waals surface area contributed by atoms with Crippen LogP contribution in [0.5, 0.6) is 23.0 Å². The average molecular weight is 595 g/mol. The Morgan fingerprint density at radius 1 is 0.930 bits per heavy atom. The molecule has 0 saturated heterocycles. The Morgan fingerprint density at radius 2 is 1.70 bits per heavy atom. The van der Waals surface area contributed by atoms with Crippen molar-refractivity contribution in [3.8, 4) is 29.1 Å². The number of fused-ring (bicyclic) bond motifs is 1. The molecule has 0 radical (unpaired) electrons. The molecule has 0 bridgehead atoms. The summed E-state index contributed by atoms with van der Waals surface area (Å²) in [5, 5.41) is 10.6. The van der Waals surface area contributed by atoms with Crippen molar-refractivity contribution in [2.45, 2.75) is 38.7 Å². The van der Waals surface area contributed by atoms with E-state index in [4.69, 9.17) is 36.3 Å². The number of unbranched alkanes of at least 4 members (excludes halogenated alkanes) is 2. The minimum Gasteiger partial charge on any atom is -0.494 e. The van der Waals surface area contributed by atoms with Gasteiger partial charge >= 0.3 is 5.97 Å². The number of rotatable bonds is 11.